The van der Waals surface area contributed by atoms with Crippen LogP contribution < -0.4 is 15.8 Å². The summed E-state index contributed by atoms with van der Waals surface area (Å²) in [5.41, 5.74) is 6.16. The van der Waals surface area contributed by atoms with Crippen LogP contribution in [0.25, 0.3) is 0 Å². The molecule has 1 aromatic rings. The van der Waals surface area contributed by atoms with Gasteiger partial charge in [-0.3, -0.25) is 4.79 Å². The Bertz CT molecular complexity index is 407. The van der Waals surface area contributed by atoms with Gasteiger partial charge in [0.1, 0.15) is 5.75 Å². The van der Waals surface area contributed by atoms with Crippen molar-refractivity contribution in [3.63, 3.8) is 0 Å². The van der Waals surface area contributed by atoms with Crippen LogP contribution in [0.15, 0.2) is 24.3 Å². The van der Waals surface area contributed by atoms with E-state index in [1.807, 2.05) is 38.4 Å². The number of carbonyl (C=O) groups excluding carboxylic acids is 1. The van der Waals surface area contributed by atoms with Crippen LogP contribution >= 0.6 is 0 Å². The quantitative estimate of drug-likeness (QED) is 0.571. The standard InChI is InChI=1S/C15H25N3O3/c1-18(2)8-10-20-9-7-17-11-13-3-5-14(6-4-13)21-12-15(16)19/h3-6,17H,7-12H2,1-2H3,(H2,16,19). The Morgan fingerprint density at radius 1 is 1.24 bits per heavy atom. The van der Waals surface area contributed by atoms with Gasteiger partial charge in [0.15, 0.2) is 6.61 Å². The largest absolute Gasteiger partial charge is 0.484 e. The van der Waals surface area contributed by atoms with Crippen molar-refractivity contribution in [2.24, 2.45) is 5.73 Å². The number of likely N-dealkylation sites (N-methyl/N-ethyl adjacent to an activating group) is 1. The van der Waals surface area contributed by atoms with Gasteiger partial charge >= 0.3 is 0 Å². The molecule has 3 N–H and O–H groups in total. The highest BCUT2D eigenvalue weighted by Gasteiger charge is 1.98. The second kappa shape index (κ2) is 10.1. The van der Waals surface area contributed by atoms with E-state index in [-0.39, 0.29) is 6.61 Å². The van der Waals surface area contributed by atoms with Gasteiger partial charge in [0, 0.05) is 19.6 Å². The van der Waals surface area contributed by atoms with E-state index in [4.69, 9.17) is 15.2 Å². The number of benzene rings is 1. The molecule has 0 aliphatic carbocycles. The van der Waals surface area contributed by atoms with Gasteiger partial charge in [-0.05, 0) is 31.8 Å². The normalized spacial score (nSPS) is 10.8. The smallest absolute Gasteiger partial charge is 0.255 e. The molecule has 0 fully saturated rings. The monoisotopic (exact) mass is 295 g/mol. The molecular formula is C15H25N3O3. The lowest BCUT2D eigenvalue weighted by atomic mass is 10.2. The summed E-state index contributed by atoms with van der Waals surface area (Å²) in [6, 6.07) is 7.56. The zero-order valence-electron chi connectivity index (χ0n) is 12.8. The molecule has 0 aliphatic heterocycles. The lowest BCUT2D eigenvalue weighted by Gasteiger charge is -2.10. The predicted octanol–water partition coefficient (Wildman–Crippen LogP) is 0.219. The Morgan fingerprint density at radius 3 is 2.57 bits per heavy atom. The van der Waals surface area contributed by atoms with Gasteiger partial charge in [0.25, 0.3) is 5.91 Å². The summed E-state index contributed by atoms with van der Waals surface area (Å²) in [5.74, 6) is 0.166. The van der Waals surface area contributed by atoms with Crippen LogP contribution in [0.4, 0.5) is 0 Å². The van der Waals surface area contributed by atoms with Crippen LogP contribution in [0.3, 0.4) is 0 Å². The van der Waals surface area contributed by atoms with Gasteiger partial charge in [0.05, 0.1) is 13.2 Å². The maximum atomic E-state index is 10.6. The number of hydrogen-bond acceptors (Lipinski definition) is 5. The van der Waals surface area contributed by atoms with Gasteiger partial charge in [0.2, 0.25) is 0 Å². The van der Waals surface area contributed by atoms with E-state index in [0.717, 1.165) is 31.8 Å². The number of hydrogen-bond donors (Lipinski definition) is 2. The molecule has 118 valence electrons. The van der Waals surface area contributed by atoms with Crippen LogP contribution in [-0.4, -0.2) is 57.8 Å². The molecule has 0 aliphatic rings. The number of ether oxygens (including phenoxy) is 2. The van der Waals surface area contributed by atoms with Crippen LogP contribution in [0.5, 0.6) is 5.75 Å². The first kappa shape index (κ1) is 17.4. The number of carbonyl (C=O) groups is 1. The molecule has 6 nitrogen and oxygen atoms in total. The molecule has 0 saturated heterocycles. The van der Waals surface area contributed by atoms with Crippen molar-refractivity contribution in [3.8, 4) is 5.75 Å². The van der Waals surface area contributed by atoms with Crippen molar-refractivity contribution < 1.29 is 14.3 Å². The third-order valence-electron chi connectivity index (χ3n) is 2.74. The van der Waals surface area contributed by atoms with E-state index in [1.54, 1.807) is 0 Å². The first-order valence-electron chi connectivity index (χ1n) is 7.01. The summed E-state index contributed by atoms with van der Waals surface area (Å²) in [5, 5.41) is 3.31. The van der Waals surface area contributed by atoms with E-state index in [0.29, 0.717) is 12.4 Å². The van der Waals surface area contributed by atoms with E-state index in [2.05, 4.69) is 10.2 Å². The number of nitrogens with one attached hydrogen (secondary N) is 1. The summed E-state index contributed by atoms with van der Waals surface area (Å²) < 4.78 is 10.7. The zero-order chi connectivity index (χ0) is 15.5. The van der Waals surface area contributed by atoms with E-state index >= 15 is 0 Å². The lowest BCUT2D eigenvalue weighted by molar-refractivity contribution is -0.119. The first-order valence-corrected chi connectivity index (χ1v) is 7.01. The third kappa shape index (κ3) is 9.01. The van der Waals surface area contributed by atoms with Crippen molar-refractivity contribution in [2.45, 2.75) is 6.54 Å². The lowest BCUT2D eigenvalue weighted by Crippen LogP contribution is -2.23. The molecule has 0 spiro atoms. The highest BCUT2D eigenvalue weighted by Crippen LogP contribution is 2.11. The van der Waals surface area contributed by atoms with Crippen LogP contribution in [0.2, 0.25) is 0 Å². The molecule has 0 atom stereocenters. The number of primary amides is 1. The molecule has 21 heavy (non-hydrogen) atoms. The van der Waals surface area contributed by atoms with Gasteiger partial charge in [-0.1, -0.05) is 12.1 Å². The molecule has 6 heteroatoms. The minimum atomic E-state index is -0.477. The van der Waals surface area contributed by atoms with Gasteiger partial charge in [-0.25, -0.2) is 0 Å². The summed E-state index contributed by atoms with van der Waals surface area (Å²) in [7, 11) is 4.05. The summed E-state index contributed by atoms with van der Waals surface area (Å²) >= 11 is 0. The van der Waals surface area contributed by atoms with Crippen LogP contribution in [-0.2, 0) is 16.1 Å². The molecule has 1 amide bonds. The number of nitrogens with zero attached hydrogens (tertiary/aromatic N) is 1. The first-order chi connectivity index (χ1) is 10.1. The van der Waals surface area contributed by atoms with Gasteiger partial charge in [-0.15, -0.1) is 0 Å². The third-order valence-corrected chi connectivity index (χ3v) is 2.74. The van der Waals surface area contributed by atoms with Crippen LogP contribution in [0, 0.1) is 0 Å². The zero-order valence-corrected chi connectivity index (χ0v) is 12.8. The Kier molecular flexibility index (Phi) is 8.42. The molecule has 0 heterocycles. The Labute approximate surface area is 126 Å². The number of amides is 1. The predicted molar refractivity (Wildman–Crippen MR) is 82.2 cm³/mol. The van der Waals surface area contributed by atoms with Crippen molar-refractivity contribution in [3.05, 3.63) is 29.8 Å². The average molecular weight is 295 g/mol. The molecule has 0 unspecified atom stereocenters. The Morgan fingerprint density at radius 2 is 1.95 bits per heavy atom. The highest BCUT2D eigenvalue weighted by atomic mass is 16.5. The van der Waals surface area contributed by atoms with Gasteiger partial charge < -0.3 is 25.4 Å². The molecule has 1 aromatic carbocycles. The average Bonchev–Trinajstić information content (AvgIpc) is 2.45. The summed E-state index contributed by atoms with van der Waals surface area (Å²) in [6.45, 7) is 3.88. The topological polar surface area (TPSA) is 76.8 Å². The summed E-state index contributed by atoms with van der Waals surface area (Å²) in [6.07, 6.45) is 0. The molecule has 1 rings (SSSR count). The maximum absolute atomic E-state index is 10.6. The van der Waals surface area contributed by atoms with E-state index in [1.165, 1.54) is 0 Å². The molecular weight excluding hydrogens is 270 g/mol. The SMILES string of the molecule is CN(C)CCOCCNCc1ccc(OCC(N)=O)cc1. The second-order valence-electron chi connectivity index (χ2n) is 4.99. The molecule has 0 aromatic heterocycles. The van der Waals surface area contributed by atoms with Crippen molar-refractivity contribution in [1.82, 2.24) is 10.2 Å². The Balaban J connectivity index is 2.11. The fourth-order valence-corrected chi connectivity index (χ4v) is 1.58. The fourth-order valence-electron chi connectivity index (χ4n) is 1.58. The highest BCUT2D eigenvalue weighted by molar-refractivity contribution is 5.75. The minimum absolute atomic E-state index is 0.0954. The number of rotatable bonds is 11. The molecule has 0 saturated carbocycles. The maximum Gasteiger partial charge on any atom is 0.255 e. The van der Waals surface area contributed by atoms with E-state index < -0.39 is 5.91 Å². The van der Waals surface area contributed by atoms with Crippen molar-refractivity contribution >= 4 is 5.91 Å². The van der Waals surface area contributed by atoms with E-state index in [9.17, 15) is 4.79 Å². The van der Waals surface area contributed by atoms with Crippen molar-refractivity contribution in [2.75, 3.05) is 47.0 Å². The fraction of sp³-hybridized carbons (Fsp3) is 0.533. The van der Waals surface area contributed by atoms with Crippen LogP contribution in [0.1, 0.15) is 5.56 Å². The second-order valence-corrected chi connectivity index (χ2v) is 4.99. The molecule has 0 bridgehead atoms. The minimum Gasteiger partial charge on any atom is -0.484 e. The van der Waals surface area contributed by atoms with Crippen molar-refractivity contribution in [1.29, 1.82) is 0 Å². The number of nitrogens with two attached hydrogens (primary N) is 1. The Hall–Kier alpha value is -1.63. The molecule has 0 radical (unpaired) electrons. The van der Waals surface area contributed by atoms with Gasteiger partial charge in [-0.2, -0.15) is 0 Å². The summed E-state index contributed by atoms with van der Waals surface area (Å²) in [4.78, 5) is 12.7.